The molecular weight excluding hydrogens is 234 g/mol. The van der Waals surface area contributed by atoms with E-state index in [2.05, 4.69) is 5.32 Å². The molecule has 0 aliphatic heterocycles. The monoisotopic (exact) mass is 251 g/mol. The lowest BCUT2D eigenvalue weighted by Gasteiger charge is -2.12. The zero-order valence-electron chi connectivity index (χ0n) is 10.5. The van der Waals surface area contributed by atoms with Gasteiger partial charge in [-0.25, -0.2) is 0 Å². The van der Waals surface area contributed by atoms with E-state index in [9.17, 15) is 9.59 Å². The van der Waals surface area contributed by atoms with Crippen LogP contribution < -0.4 is 10.1 Å². The molecule has 0 fully saturated rings. The molecule has 0 aliphatic rings. The molecule has 0 aromatic heterocycles. The van der Waals surface area contributed by atoms with Crippen LogP contribution in [-0.2, 0) is 9.59 Å². The molecule has 0 bridgehead atoms. The first-order valence-corrected chi connectivity index (χ1v) is 5.68. The maximum absolute atomic E-state index is 11.7. The number of methoxy groups -OCH3 is 1. The van der Waals surface area contributed by atoms with Crippen molar-refractivity contribution in [1.82, 2.24) is 5.32 Å². The summed E-state index contributed by atoms with van der Waals surface area (Å²) in [6.07, 6.45) is -0.0684. The van der Waals surface area contributed by atoms with E-state index in [0.717, 1.165) is 11.3 Å². The van der Waals surface area contributed by atoms with Crippen molar-refractivity contribution in [2.45, 2.75) is 19.3 Å². The molecule has 0 aliphatic carbocycles. The molecule has 1 unspecified atom stereocenters. The molecular formula is C13H17NO4. The van der Waals surface area contributed by atoms with Gasteiger partial charge in [-0.3, -0.25) is 9.59 Å². The van der Waals surface area contributed by atoms with Crippen molar-refractivity contribution in [3.8, 4) is 5.75 Å². The van der Waals surface area contributed by atoms with Crippen molar-refractivity contribution < 1.29 is 19.4 Å². The average molecular weight is 251 g/mol. The number of hydrogen-bond acceptors (Lipinski definition) is 3. The average Bonchev–Trinajstić information content (AvgIpc) is 2.37. The molecule has 0 saturated heterocycles. The number of carbonyl (C=O) groups is 2. The summed E-state index contributed by atoms with van der Waals surface area (Å²) in [5, 5.41) is 11.1. The summed E-state index contributed by atoms with van der Waals surface area (Å²) in [4.78, 5) is 22.1. The van der Waals surface area contributed by atoms with Crippen LogP contribution in [0.5, 0.6) is 5.75 Å². The smallest absolute Gasteiger partial charge is 0.305 e. The number of hydrogen-bond donors (Lipinski definition) is 2. The van der Waals surface area contributed by atoms with Gasteiger partial charge in [0, 0.05) is 6.54 Å². The molecule has 1 aromatic rings. The topological polar surface area (TPSA) is 75.6 Å². The van der Waals surface area contributed by atoms with E-state index in [1.54, 1.807) is 26.2 Å². The maximum atomic E-state index is 11.7. The molecule has 0 saturated carbocycles. The van der Waals surface area contributed by atoms with Gasteiger partial charge in [0.2, 0.25) is 5.91 Å². The van der Waals surface area contributed by atoms with Crippen LogP contribution in [0.3, 0.4) is 0 Å². The molecule has 5 nitrogen and oxygen atoms in total. The molecule has 18 heavy (non-hydrogen) atoms. The number of amides is 1. The number of carbonyl (C=O) groups excluding carboxylic acids is 1. The minimum Gasteiger partial charge on any atom is -0.497 e. The highest BCUT2D eigenvalue weighted by Gasteiger charge is 2.14. The van der Waals surface area contributed by atoms with E-state index in [1.807, 2.05) is 12.1 Å². The van der Waals surface area contributed by atoms with Gasteiger partial charge in [0.05, 0.1) is 19.4 Å². The van der Waals surface area contributed by atoms with Crippen molar-refractivity contribution in [2.75, 3.05) is 13.7 Å². The third-order valence-electron chi connectivity index (χ3n) is 2.65. The van der Waals surface area contributed by atoms with Gasteiger partial charge >= 0.3 is 5.97 Å². The van der Waals surface area contributed by atoms with Gasteiger partial charge in [0.1, 0.15) is 5.75 Å². The Kier molecular flexibility index (Phi) is 5.17. The van der Waals surface area contributed by atoms with Gasteiger partial charge in [-0.05, 0) is 24.6 Å². The summed E-state index contributed by atoms with van der Waals surface area (Å²) in [7, 11) is 1.58. The summed E-state index contributed by atoms with van der Waals surface area (Å²) < 4.78 is 5.03. The van der Waals surface area contributed by atoms with Gasteiger partial charge in [-0.15, -0.1) is 0 Å². The number of ether oxygens (including phenoxy) is 1. The second kappa shape index (κ2) is 6.64. The quantitative estimate of drug-likeness (QED) is 0.801. The fourth-order valence-corrected chi connectivity index (χ4v) is 1.49. The number of carboxylic acids is 1. The molecule has 5 heteroatoms. The number of rotatable bonds is 6. The first kappa shape index (κ1) is 14.0. The lowest BCUT2D eigenvalue weighted by atomic mass is 10.0. The highest BCUT2D eigenvalue weighted by molar-refractivity contribution is 5.83. The van der Waals surface area contributed by atoms with Crippen LogP contribution in [0.25, 0.3) is 0 Å². The third kappa shape index (κ3) is 4.08. The summed E-state index contributed by atoms with van der Waals surface area (Å²) in [5.41, 5.74) is 0.864. The fraction of sp³-hybridized carbons (Fsp3) is 0.385. The zero-order chi connectivity index (χ0) is 13.5. The minimum atomic E-state index is -0.924. The van der Waals surface area contributed by atoms with Crippen LogP contribution >= 0.6 is 0 Å². The molecule has 0 radical (unpaired) electrons. The summed E-state index contributed by atoms with van der Waals surface area (Å²) in [5.74, 6) is -0.684. The number of aliphatic carboxylic acids is 1. The fourth-order valence-electron chi connectivity index (χ4n) is 1.49. The first-order chi connectivity index (χ1) is 8.54. The van der Waals surface area contributed by atoms with Crippen LogP contribution in [0.1, 0.15) is 24.8 Å². The third-order valence-corrected chi connectivity index (χ3v) is 2.65. The first-order valence-electron chi connectivity index (χ1n) is 5.68. The molecule has 98 valence electrons. The van der Waals surface area contributed by atoms with E-state index in [0.29, 0.717) is 0 Å². The van der Waals surface area contributed by atoms with Crippen LogP contribution in [0.2, 0.25) is 0 Å². The molecule has 1 amide bonds. The van der Waals surface area contributed by atoms with E-state index in [4.69, 9.17) is 9.84 Å². The Bertz CT molecular complexity index is 414. The molecule has 1 atom stereocenters. The standard InChI is InChI=1S/C13H17NO4/c1-9(13(17)14-8-7-12(15)16)10-3-5-11(18-2)6-4-10/h3-6,9H,7-8H2,1-2H3,(H,14,17)(H,15,16). The van der Waals surface area contributed by atoms with Crippen molar-refractivity contribution in [1.29, 1.82) is 0 Å². The second-order valence-corrected chi connectivity index (χ2v) is 3.93. The molecule has 1 aromatic carbocycles. The number of benzene rings is 1. The minimum absolute atomic E-state index is 0.0684. The molecule has 1 rings (SSSR count). The normalized spacial score (nSPS) is 11.7. The molecule has 0 spiro atoms. The van der Waals surface area contributed by atoms with E-state index < -0.39 is 5.97 Å². The number of carboxylic acid groups (broad SMARTS) is 1. The van der Waals surface area contributed by atoms with Gasteiger partial charge in [-0.2, -0.15) is 0 Å². The van der Waals surface area contributed by atoms with Crippen LogP contribution in [0, 0.1) is 0 Å². The summed E-state index contributed by atoms with van der Waals surface area (Å²) in [6.45, 7) is 1.92. The van der Waals surface area contributed by atoms with E-state index in [-0.39, 0.29) is 24.8 Å². The van der Waals surface area contributed by atoms with Crippen molar-refractivity contribution in [3.05, 3.63) is 29.8 Å². The van der Waals surface area contributed by atoms with E-state index in [1.165, 1.54) is 0 Å². The van der Waals surface area contributed by atoms with Gasteiger partial charge in [0.25, 0.3) is 0 Å². The largest absolute Gasteiger partial charge is 0.497 e. The Morgan fingerprint density at radius 3 is 2.44 bits per heavy atom. The Labute approximate surface area is 106 Å². The van der Waals surface area contributed by atoms with Gasteiger partial charge in [0.15, 0.2) is 0 Å². The zero-order valence-corrected chi connectivity index (χ0v) is 10.5. The van der Waals surface area contributed by atoms with Gasteiger partial charge in [-0.1, -0.05) is 12.1 Å². The van der Waals surface area contributed by atoms with Gasteiger partial charge < -0.3 is 15.2 Å². The summed E-state index contributed by atoms with van der Waals surface area (Å²) in [6, 6.07) is 7.22. The van der Waals surface area contributed by atoms with Crippen LogP contribution in [-0.4, -0.2) is 30.6 Å². The predicted octanol–water partition coefficient (Wildman–Crippen LogP) is 1.39. The lowest BCUT2D eigenvalue weighted by Crippen LogP contribution is -2.29. The predicted molar refractivity (Wildman–Crippen MR) is 66.7 cm³/mol. The summed E-state index contributed by atoms with van der Waals surface area (Å²) >= 11 is 0. The van der Waals surface area contributed by atoms with Crippen LogP contribution in [0.4, 0.5) is 0 Å². The van der Waals surface area contributed by atoms with Crippen molar-refractivity contribution in [3.63, 3.8) is 0 Å². The Hall–Kier alpha value is -2.04. The Morgan fingerprint density at radius 2 is 1.94 bits per heavy atom. The maximum Gasteiger partial charge on any atom is 0.305 e. The van der Waals surface area contributed by atoms with Crippen LogP contribution in [0.15, 0.2) is 24.3 Å². The highest BCUT2D eigenvalue weighted by Crippen LogP contribution is 2.19. The SMILES string of the molecule is COc1ccc(C(C)C(=O)NCCC(=O)O)cc1. The Morgan fingerprint density at radius 1 is 1.33 bits per heavy atom. The lowest BCUT2D eigenvalue weighted by molar-refractivity contribution is -0.136. The van der Waals surface area contributed by atoms with Crippen molar-refractivity contribution >= 4 is 11.9 Å². The highest BCUT2D eigenvalue weighted by atomic mass is 16.5. The Balaban J connectivity index is 2.54. The second-order valence-electron chi connectivity index (χ2n) is 3.93. The molecule has 2 N–H and O–H groups in total. The van der Waals surface area contributed by atoms with E-state index >= 15 is 0 Å². The molecule has 0 heterocycles. The number of nitrogens with one attached hydrogen (secondary N) is 1. The van der Waals surface area contributed by atoms with Crippen molar-refractivity contribution in [2.24, 2.45) is 0 Å².